The van der Waals surface area contributed by atoms with Gasteiger partial charge in [-0.3, -0.25) is 9.59 Å². The van der Waals surface area contributed by atoms with Crippen molar-refractivity contribution in [2.45, 2.75) is 43.6 Å². The van der Waals surface area contributed by atoms with Gasteiger partial charge in [0.25, 0.3) is 0 Å². The number of fused-ring (bicyclic) bond motifs is 3. The maximum Gasteiger partial charge on any atom is 0.250 e. The van der Waals surface area contributed by atoms with Crippen LogP contribution in [-0.4, -0.2) is 55.6 Å². The third-order valence-corrected chi connectivity index (χ3v) is 5.80. The maximum absolute atomic E-state index is 12.5. The molecule has 2 amide bonds. The third kappa shape index (κ3) is 5.09. The van der Waals surface area contributed by atoms with Crippen molar-refractivity contribution in [3.63, 3.8) is 0 Å². The molecular weight excluding hydrogens is 412 g/mol. The Labute approximate surface area is 186 Å². The summed E-state index contributed by atoms with van der Waals surface area (Å²) in [7, 11) is 1.47. The van der Waals surface area contributed by atoms with Crippen LogP contribution in [0.2, 0.25) is 0 Å². The van der Waals surface area contributed by atoms with E-state index in [-0.39, 0.29) is 49.6 Å². The average molecular weight is 440 g/mol. The molecule has 3 N–H and O–H groups in total. The number of benzene rings is 2. The molecule has 2 aromatic rings. The molecule has 8 nitrogen and oxygen atoms in total. The second-order valence-electron chi connectivity index (χ2n) is 8.10. The van der Waals surface area contributed by atoms with Gasteiger partial charge in [0, 0.05) is 30.8 Å². The van der Waals surface area contributed by atoms with E-state index in [9.17, 15) is 14.7 Å². The Bertz CT molecular complexity index is 951. The Balaban J connectivity index is 1.42. The van der Waals surface area contributed by atoms with Crippen LogP contribution >= 0.6 is 0 Å². The number of aliphatic hydroxyl groups is 1. The van der Waals surface area contributed by atoms with E-state index in [1.807, 2.05) is 42.5 Å². The fraction of sp³-hybridized carbons (Fsp3) is 0.417. The van der Waals surface area contributed by atoms with Gasteiger partial charge in [-0.2, -0.15) is 0 Å². The smallest absolute Gasteiger partial charge is 0.250 e. The molecule has 0 unspecified atom stereocenters. The molecule has 0 aromatic heterocycles. The molecule has 170 valence electrons. The van der Waals surface area contributed by atoms with Gasteiger partial charge in [-0.1, -0.05) is 30.3 Å². The van der Waals surface area contributed by atoms with Crippen molar-refractivity contribution in [1.29, 1.82) is 0 Å². The summed E-state index contributed by atoms with van der Waals surface area (Å²) in [5.41, 5.74) is 2.63. The lowest BCUT2D eigenvalue weighted by atomic mass is 9.84. The predicted molar refractivity (Wildman–Crippen MR) is 117 cm³/mol. The highest BCUT2D eigenvalue weighted by Crippen LogP contribution is 2.47. The van der Waals surface area contributed by atoms with E-state index in [0.29, 0.717) is 24.4 Å². The molecule has 2 aliphatic heterocycles. The van der Waals surface area contributed by atoms with E-state index in [4.69, 9.17) is 14.2 Å². The number of ether oxygens (including phenoxy) is 3. The van der Waals surface area contributed by atoms with Gasteiger partial charge in [0.2, 0.25) is 11.8 Å². The Morgan fingerprint density at radius 2 is 1.97 bits per heavy atom. The number of aliphatic hydroxyl groups excluding tert-OH is 1. The molecular formula is C24H28N2O6. The predicted octanol–water partition coefficient (Wildman–Crippen LogP) is 1.97. The second-order valence-corrected chi connectivity index (χ2v) is 8.10. The first-order chi connectivity index (χ1) is 15.6. The number of carbonyl (C=O) groups is 2. The average Bonchev–Trinajstić information content (AvgIpc) is 3.16. The van der Waals surface area contributed by atoms with Gasteiger partial charge < -0.3 is 30.0 Å². The molecule has 4 rings (SSSR count). The van der Waals surface area contributed by atoms with E-state index in [1.54, 1.807) is 6.07 Å². The van der Waals surface area contributed by atoms with Gasteiger partial charge in [0.1, 0.15) is 24.6 Å². The number of anilines is 1. The molecule has 0 bridgehead atoms. The van der Waals surface area contributed by atoms with E-state index in [1.165, 1.54) is 7.11 Å². The Kier molecular flexibility index (Phi) is 7.04. The molecule has 1 saturated heterocycles. The Hall–Kier alpha value is -2.94. The van der Waals surface area contributed by atoms with Crippen molar-refractivity contribution in [2.24, 2.45) is 0 Å². The van der Waals surface area contributed by atoms with Crippen molar-refractivity contribution in [3.05, 3.63) is 59.7 Å². The summed E-state index contributed by atoms with van der Waals surface area (Å²) in [6.07, 6.45) is -0.414. The van der Waals surface area contributed by atoms with Crippen LogP contribution in [0.4, 0.5) is 5.69 Å². The number of nitrogens with one attached hydrogen (secondary N) is 2. The highest BCUT2D eigenvalue weighted by atomic mass is 16.6. The Morgan fingerprint density at radius 1 is 1.16 bits per heavy atom. The largest absolute Gasteiger partial charge is 0.487 e. The topological polar surface area (TPSA) is 106 Å². The summed E-state index contributed by atoms with van der Waals surface area (Å²) >= 11 is 0. The Morgan fingerprint density at radius 3 is 2.72 bits per heavy atom. The third-order valence-electron chi connectivity index (χ3n) is 5.80. The minimum absolute atomic E-state index is 0.0275. The zero-order chi connectivity index (χ0) is 22.5. The summed E-state index contributed by atoms with van der Waals surface area (Å²) in [6.45, 7) is 0.229. The van der Waals surface area contributed by atoms with Gasteiger partial charge in [0.05, 0.1) is 19.1 Å². The van der Waals surface area contributed by atoms with Crippen LogP contribution in [0.3, 0.4) is 0 Å². The lowest BCUT2D eigenvalue weighted by molar-refractivity contribution is -0.142. The van der Waals surface area contributed by atoms with Crippen LogP contribution < -0.4 is 15.4 Å². The van der Waals surface area contributed by atoms with Crippen molar-refractivity contribution >= 4 is 17.5 Å². The second kappa shape index (κ2) is 10.1. The zero-order valence-corrected chi connectivity index (χ0v) is 18.0. The summed E-state index contributed by atoms with van der Waals surface area (Å²) < 4.78 is 16.9. The van der Waals surface area contributed by atoms with Crippen LogP contribution in [-0.2, 0) is 25.6 Å². The summed E-state index contributed by atoms with van der Waals surface area (Å²) in [6, 6.07) is 15.2. The molecule has 1 fully saturated rings. The minimum atomic E-state index is -0.528. The number of amides is 2. The van der Waals surface area contributed by atoms with E-state index >= 15 is 0 Å². The van der Waals surface area contributed by atoms with E-state index in [0.717, 1.165) is 11.1 Å². The lowest BCUT2D eigenvalue weighted by Crippen LogP contribution is -2.47. The first-order valence-electron chi connectivity index (χ1n) is 10.7. The van der Waals surface area contributed by atoms with Gasteiger partial charge in [-0.15, -0.1) is 0 Å². The first-order valence-corrected chi connectivity index (χ1v) is 10.7. The van der Waals surface area contributed by atoms with Crippen molar-refractivity contribution in [1.82, 2.24) is 5.32 Å². The molecule has 4 atom stereocenters. The van der Waals surface area contributed by atoms with Gasteiger partial charge in [-0.25, -0.2) is 0 Å². The van der Waals surface area contributed by atoms with Crippen LogP contribution in [0.1, 0.15) is 29.9 Å². The zero-order valence-electron chi connectivity index (χ0n) is 18.0. The van der Waals surface area contributed by atoms with Crippen molar-refractivity contribution in [2.75, 3.05) is 25.6 Å². The normalized spacial score (nSPS) is 23.6. The monoisotopic (exact) mass is 440 g/mol. The number of rotatable bonds is 8. The number of hydrogen-bond acceptors (Lipinski definition) is 6. The fourth-order valence-corrected chi connectivity index (χ4v) is 4.37. The summed E-state index contributed by atoms with van der Waals surface area (Å²) in [4.78, 5) is 24.4. The van der Waals surface area contributed by atoms with Crippen LogP contribution in [0.25, 0.3) is 0 Å². The standard InChI is InChI=1S/C24H28N2O6/c1-30-14-23(29)26-16-7-8-20-18(9-16)19-10-17(31-21(13-27)24(19)32-20)11-22(28)25-12-15-5-3-2-4-6-15/h2-9,17,19,21,24,27H,10-14H2,1H3,(H,25,28)(H,26,29)/t17-,19-,21-,24+/m0/s1. The van der Waals surface area contributed by atoms with Crippen LogP contribution in [0.5, 0.6) is 5.75 Å². The van der Waals surface area contributed by atoms with Crippen LogP contribution in [0, 0.1) is 0 Å². The van der Waals surface area contributed by atoms with Crippen molar-refractivity contribution in [3.8, 4) is 5.75 Å². The molecule has 0 spiro atoms. The highest BCUT2D eigenvalue weighted by Gasteiger charge is 2.46. The van der Waals surface area contributed by atoms with E-state index in [2.05, 4.69) is 10.6 Å². The minimum Gasteiger partial charge on any atom is -0.487 e. The molecule has 0 radical (unpaired) electrons. The molecule has 32 heavy (non-hydrogen) atoms. The molecule has 2 heterocycles. The van der Waals surface area contributed by atoms with Gasteiger partial charge >= 0.3 is 0 Å². The summed E-state index contributed by atoms with van der Waals surface area (Å²) in [5, 5.41) is 15.6. The molecule has 2 aromatic carbocycles. The number of carbonyl (C=O) groups excluding carboxylic acids is 2. The first kappa shape index (κ1) is 22.3. The van der Waals surface area contributed by atoms with Crippen LogP contribution in [0.15, 0.2) is 48.5 Å². The lowest BCUT2D eigenvalue weighted by Gasteiger charge is -2.37. The fourth-order valence-electron chi connectivity index (χ4n) is 4.37. The highest BCUT2D eigenvalue weighted by molar-refractivity contribution is 5.92. The number of hydrogen-bond donors (Lipinski definition) is 3. The SMILES string of the molecule is COCC(=O)Nc1ccc2c(c1)[C@@H]1C[C@@H](CC(=O)NCc3ccccc3)O[C@@H](CO)[C@@H]1O2. The molecule has 8 heteroatoms. The summed E-state index contributed by atoms with van der Waals surface area (Å²) in [5.74, 6) is 0.327. The van der Waals surface area contributed by atoms with Gasteiger partial charge in [-0.05, 0) is 30.2 Å². The quantitative estimate of drug-likeness (QED) is 0.580. The molecule has 2 aliphatic rings. The molecule has 0 saturated carbocycles. The van der Waals surface area contributed by atoms with Gasteiger partial charge in [0.15, 0.2) is 0 Å². The number of methoxy groups -OCH3 is 1. The molecule has 0 aliphatic carbocycles. The van der Waals surface area contributed by atoms with Crippen molar-refractivity contribution < 1.29 is 28.9 Å². The van der Waals surface area contributed by atoms with E-state index < -0.39 is 6.10 Å². The maximum atomic E-state index is 12.5.